The van der Waals surface area contributed by atoms with Gasteiger partial charge in [-0.25, -0.2) is 0 Å². The highest BCUT2D eigenvalue weighted by Crippen LogP contribution is 2.70. The Labute approximate surface area is 327 Å². The number of carbonyl (C=O) groups is 5. The Morgan fingerprint density at radius 3 is 1.58 bits per heavy atom. The van der Waals surface area contributed by atoms with Gasteiger partial charge in [0.25, 0.3) is 0 Å². The van der Waals surface area contributed by atoms with Gasteiger partial charge in [0.05, 0.1) is 6.10 Å². The molecule has 0 radical (unpaired) electrons. The third-order valence-corrected chi connectivity index (χ3v) is 19.1. The molecule has 8 aliphatic carbocycles. The molecule has 2 amide bonds. The lowest BCUT2D eigenvalue weighted by Gasteiger charge is -2.61. The molecule has 0 aromatic carbocycles. The molecular weight excluding hydrogens is 693 g/mol. The summed E-state index contributed by atoms with van der Waals surface area (Å²) < 4.78 is 6.04. The molecular formula is C46H64N2O7. The fourth-order valence-electron chi connectivity index (χ4n) is 16.6. The van der Waals surface area contributed by atoms with Crippen molar-refractivity contribution in [3.63, 3.8) is 0 Å². The number of hydrogen-bond acceptors (Lipinski definition) is 7. The van der Waals surface area contributed by atoms with Gasteiger partial charge in [-0.15, -0.1) is 0 Å². The number of ketones is 2. The molecule has 9 heteroatoms. The smallest absolute Gasteiger partial charge is 0.302 e. The molecule has 300 valence electrons. The molecule has 2 spiro atoms. The van der Waals surface area contributed by atoms with Gasteiger partial charge in [0, 0.05) is 49.6 Å². The Bertz CT molecular complexity index is 1790. The van der Waals surface area contributed by atoms with Crippen LogP contribution in [-0.2, 0) is 28.7 Å². The monoisotopic (exact) mass is 756 g/mol. The Morgan fingerprint density at radius 2 is 1.11 bits per heavy atom. The first kappa shape index (κ1) is 37.7. The van der Waals surface area contributed by atoms with Crippen LogP contribution in [0.2, 0.25) is 0 Å². The maximum atomic E-state index is 12.2. The van der Waals surface area contributed by atoms with Crippen molar-refractivity contribution in [3.8, 4) is 0 Å². The van der Waals surface area contributed by atoms with Gasteiger partial charge in [0.2, 0.25) is 11.8 Å². The lowest BCUT2D eigenvalue weighted by molar-refractivity contribution is -0.177. The first-order chi connectivity index (χ1) is 26.0. The molecule has 14 atom stereocenters. The van der Waals surface area contributed by atoms with E-state index in [-0.39, 0.29) is 86.1 Å². The fourth-order valence-corrected chi connectivity index (χ4v) is 16.6. The van der Waals surface area contributed by atoms with Crippen molar-refractivity contribution in [1.82, 2.24) is 10.6 Å². The predicted octanol–water partition coefficient (Wildman–Crippen LogP) is 6.85. The molecule has 6 saturated carbocycles. The maximum Gasteiger partial charge on any atom is 0.302 e. The minimum absolute atomic E-state index is 0.00179. The zero-order valence-electron chi connectivity index (χ0n) is 33.9. The number of aliphatic hydroxyl groups excluding tert-OH is 1. The summed E-state index contributed by atoms with van der Waals surface area (Å²) in [6.07, 6.45) is 19.5. The van der Waals surface area contributed by atoms with Gasteiger partial charge >= 0.3 is 5.97 Å². The molecule has 2 aliphatic heterocycles. The van der Waals surface area contributed by atoms with Crippen LogP contribution < -0.4 is 10.6 Å². The van der Waals surface area contributed by atoms with Crippen LogP contribution in [-0.4, -0.2) is 57.7 Å². The Hall–Kier alpha value is -2.81. The highest BCUT2D eigenvalue weighted by Gasteiger charge is 2.70. The molecule has 2 saturated heterocycles. The van der Waals surface area contributed by atoms with E-state index in [9.17, 15) is 29.1 Å². The quantitative estimate of drug-likeness (QED) is 0.249. The van der Waals surface area contributed by atoms with Gasteiger partial charge in [-0.1, -0.05) is 38.8 Å². The van der Waals surface area contributed by atoms with Crippen LogP contribution in [0.5, 0.6) is 0 Å². The van der Waals surface area contributed by atoms with Crippen LogP contribution in [0, 0.1) is 57.2 Å². The van der Waals surface area contributed by atoms with E-state index in [1.165, 1.54) is 24.5 Å². The number of amides is 2. The second-order valence-electron chi connectivity index (χ2n) is 21.1. The molecule has 10 aliphatic rings. The van der Waals surface area contributed by atoms with Gasteiger partial charge in [-0.3, -0.25) is 24.0 Å². The van der Waals surface area contributed by atoms with E-state index in [1.807, 2.05) is 12.2 Å². The minimum atomic E-state index is -0.337. The van der Waals surface area contributed by atoms with E-state index in [0.29, 0.717) is 49.4 Å². The number of carbonyl (C=O) groups excluding carboxylic acids is 5. The largest absolute Gasteiger partial charge is 0.462 e. The third-order valence-electron chi connectivity index (χ3n) is 19.1. The highest BCUT2D eigenvalue weighted by atomic mass is 16.5. The second kappa shape index (κ2) is 12.6. The van der Waals surface area contributed by atoms with E-state index < -0.39 is 0 Å². The standard InChI is InChI=1S/C24H33NO4.C22H31NO3/c1-14(26)29-19-13-23(3)18(7-10-24(23)11-8-20(28)25-24)17-5-4-15-12-16(27)6-9-22(15,2)21(17)19;1-20-8-5-14(24)11-13(20)3-4-15-16-6-9-22(10-7-18(26)23-22)21(16,2)12-17(25)19(15)20/h12,17-19,21H,4-11,13H2,1-3H3,(H,25,28);11,15-17,19,25H,3-10,12H2,1-2H3,(H,23,26)/t17?,18?,19-,21?,22-,23-,24+;15?,16?,17-,19?,20-,21-,22+/m00/s1. The van der Waals surface area contributed by atoms with Crippen LogP contribution >= 0.6 is 0 Å². The molecule has 2 heterocycles. The van der Waals surface area contributed by atoms with Gasteiger partial charge in [-0.2, -0.15) is 0 Å². The van der Waals surface area contributed by atoms with Crippen LogP contribution in [0.3, 0.4) is 0 Å². The SMILES string of the molecule is CC(=O)O[C@H]1C[C@@]2(C)C(CC[C@@]23CCC(=O)N3)C2CCC3=CC(=O)CC[C@]3(C)C21.C[C@]12CCC(=O)C=C1CCC1C2[C@@H](O)C[C@@]2(C)C1CC[C@@]21CCC(=O)N1. The lowest BCUT2D eigenvalue weighted by Crippen LogP contribution is -2.62. The number of fused-ring (bicyclic) bond motifs is 12. The third kappa shape index (κ3) is 5.28. The van der Waals surface area contributed by atoms with Gasteiger partial charge < -0.3 is 20.5 Å². The fraction of sp³-hybridized carbons (Fsp3) is 0.804. The number of rotatable bonds is 1. The summed E-state index contributed by atoms with van der Waals surface area (Å²) in [5, 5.41) is 18.1. The minimum Gasteiger partial charge on any atom is -0.462 e. The first-order valence-electron chi connectivity index (χ1n) is 21.9. The van der Waals surface area contributed by atoms with Crippen molar-refractivity contribution >= 4 is 29.4 Å². The summed E-state index contributed by atoms with van der Waals surface area (Å²) in [6, 6.07) is 0. The number of hydrogen-bond donors (Lipinski definition) is 3. The van der Waals surface area contributed by atoms with Crippen molar-refractivity contribution < 1.29 is 33.8 Å². The second-order valence-corrected chi connectivity index (χ2v) is 21.1. The number of aliphatic hydroxyl groups is 1. The van der Waals surface area contributed by atoms with Crippen LogP contribution in [0.15, 0.2) is 23.3 Å². The number of esters is 1. The molecule has 9 nitrogen and oxygen atoms in total. The average molecular weight is 757 g/mol. The zero-order valence-corrected chi connectivity index (χ0v) is 33.9. The van der Waals surface area contributed by atoms with Crippen LogP contribution in [0.25, 0.3) is 0 Å². The Morgan fingerprint density at radius 1 is 0.636 bits per heavy atom. The molecule has 8 fully saturated rings. The summed E-state index contributed by atoms with van der Waals surface area (Å²) in [7, 11) is 0. The van der Waals surface area contributed by atoms with E-state index in [2.05, 4.69) is 38.3 Å². The average Bonchev–Trinajstić information content (AvgIpc) is 3.85. The number of allylic oxidation sites excluding steroid dienone is 2. The number of ether oxygens (including phenoxy) is 1. The van der Waals surface area contributed by atoms with Gasteiger partial charge in [-0.05, 0) is 153 Å². The van der Waals surface area contributed by atoms with E-state index in [4.69, 9.17) is 4.74 Å². The molecule has 6 unspecified atom stereocenters. The zero-order chi connectivity index (χ0) is 38.9. The molecule has 10 rings (SSSR count). The maximum absolute atomic E-state index is 12.2. The summed E-state index contributed by atoms with van der Waals surface area (Å²) in [4.78, 5) is 60.4. The van der Waals surface area contributed by atoms with Crippen molar-refractivity contribution in [2.75, 3.05) is 0 Å². The van der Waals surface area contributed by atoms with E-state index in [0.717, 1.165) is 83.5 Å². The molecule has 0 aromatic rings. The molecule has 0 bridgehead atoms. The van der Waals surface area contributed by atoms with Crippen molar-refractivity contribution in [2.45, 2.75) is 173 Å². The first-order valence-corrected chi connectivity index (χ1v) is 21.9. The summed E-state index contributed by atoms with van der Waals surface area (Å²) in [5.74, 6) is 3.28. The van der Waals surface area contributed by atoms with E-state index >= 15 is 0 Å². The summed E-state index contributed by atoms with van der Waals surface area (Å²) >= 11 is 0. The van der Waals surface area contributed by atoms with Crippen molar-refractivity contribution in [3.05, 3.63) is 23.3 Å². The van der Waals surface area contributed by atoms with Crippen LogP contribution in [0.4, 0.5) is 0 Å². The Kier molecular flexibility index (Phi) is 8.64. The normalized spacial score (nSPS) is 50.6. The number of nitrogens with one attached hydrogen (secondary N) is 2. The molecule has 0 aromatic heterocycles. The van der Waals surface area contributed by atoms with Crippen molar-refractivity contribution in [1.29, 1.82) is 0 Å². The highest BCUT2D eigenvalue weighted by molar-refractivity contribution is 5.92. The molecule has 3 N–H and O–H groups in total. The van der Waals surface area contributed by atoms with E-state index in [1.54, 1.807) is 0 Å². The van der Waals surface area contributed by atoms with Crippen molar-refractivity contribution in [2.24, 2.45) is 57.2 Å². The lowest BCUT2D eigenvalue weighted by atomic mass is 9.45. The predicted molar refractivity (Wildman–Crippen MR) is 206 cm³/mol. The van der Waals surface area contributed by atoms with Gasteiger partial charge in [0.1, 0.15) is 6.10 Å². The molecule has 55 heavy (non-hydrogen) atoms. The topological polar surface area (TPSA) is 139 Å². The van der Waals surface area contributed by atoms with Crippen LogP contribution in [0.1, 0.15) is 150 Å². The summed E-state index contributed by atoms with van der Waals surface area (Å²) in [6.45, 7) is 10.8. The Balaban J connectivity index is 0.000000145. The van der Waals surface area contributed by atoms with Gasteiger partial charge in [0.15, 0.2) is 11.6 Å². The summed E-state index contributed by atoms with van der Waals surface area (Å²) in [5.41, 5.74) is 2.21.